The zero-order valence-electron chi connectivity index (χ0n) is 20.0. The Morgan fingerprint density at radius 3 is 2.28 bits per heavy atom. The standard InChI is InChI=1S/C25H24O14/c26-11-3-1-10(2-4-11)23-24(20(33)18-14(29)5-12(27)6-15(18)37-23)39-25-22(35)21(34)19(32)16(38-25)9-36-8-13(28)7-17(30)31/h1-6,16,19,21-22,25-27,29,32,34-35H,7-9H2,(H,30,31). The second-order valence-electron chi connectivity index (χ2n) is 8.73. The molecule has 7 N–H and O–H groups in total. The molecule has 2 heterocycles. The van der Waals surface area contributed by atoms with Gasteiger partial charge in [0.25, 0.3) is 0 Å². The molecule has 1 fully saturated rings. The molecule has 4 rings (SSSR count). The van der Waals surface area contributed by atoms with Crippen LogP contribution >= 0.6 is 0 Å². The second-order valence-corrected chi connectivity index (χ2v) is 8.73. The molecule has 0 radical (unpaired) electrons. The van der Waals surface area contributed by atoms with Crippen LogP contribution in [0.3, 0.4) is 0 Å². The number of carbonyl (C=O) groups is 2. The molecule has 14 heteroatoms. The van der Waals surface area contributed by atoms with Crippen LogP contribution in [0.4, 0.5) is 0 Å². The van der Waals surface area contributed by atoms with Crippen molar-refractivity contribution in [1.82, 2.24) is 0 Å². The highest BCUT2D eigenvalue weighted by Crippen LogP contribution is 2.37. The van der Waals surface area contributed by atoms with E-state index in [9.17, 15) is 45.0 Å². The maximum atomic E-state index is 13.4. The van der Waals surface area contributed by atoms with Crippen molar-refractivity contribution in [1.29, 1.82) is 0 Å². The molecule has 0 amide bonds. The normalized spacial score (nSPS) is 23.0. The molecular formula is C25H24O14. The number of aliphatic hydroxyl groups excluding tert-OH is 3. The Balaban J connectivity index is 1.68. The van der Waals surface area contributed by atoms with Gasteiger partial charge in [-0.2, -0.15) is 0 Å². The average molecular weight is 548 g/mol. The fraction of sp³-hybridized carbons (Fsp3) is 0.320. The second kappa shape index (κ2) is 11.3. The molecule has 0 saturated carbocycles. The Bertz CT molecular complexity index is 1430. The van der Waals surface area contributed by atoms with Crippen LogP contribution in [-0.2, 0) is 19.1 Å². The molecule has 0 aliphatic carbocycles. The molecule has 1 aliphatic rings. The van der Waals surface area contributed by atoms with Gasteiger partial charge in [0.2, 0.25) is 17.5 Å². The van der Waals surface area contributed by atoms with Crippen LogP contribution in [0.1, 0.15) is 6.42 Å². The van der Waals surface area contributed by atoms with Crippen molar-refractivity contribution in [2.24, 2.45) is 0 Å². The highest BCUT2D eigenvalue weighted by Gasteiger charge is 2.45. The summed E-state index contributed by atoms with van der Waals surface area (Å²) < 4.78 is 22.0. The van der Waals surface area contributed by atoms with Gasteiger partial charge in [0, 0.05) is 17.7 Å². The minimum absolute atomic E-state index is 0.104. The van der Waals surface area contributed by atoms with Crippen molar-refractivity contribution in [3.05, 3.63) is 46.6 Å². The van der Waals surface area contributed by atoms with Gasteiger partial charge >= 0.3 is 5.97 Å². The van der Waals surface area contributed by atoms with Gasteiger partial charge in [0.15, 0.2) is 11.5 Å². The van der Waals surface area contributed by atoms with Crippen molar-refractivity contribution in [2.45, 2.75) is 37.1 Å². The maximum Gasteiger partial charge on any atom is 0.310 e. The monoisotopic (exact) mass is 548 g/mol. The number of ketones is 1. The molecular weight excluding hydrogens is 524 g/mol. The van der Waals surface area contributed by atoms with Gasteiger partial charge in [0.05, 0.1) is 6.61 Å². The van der Waals surface area contributed by atoms with Gasteiger partial charge in [-0.25, -0.2) is 0 Å². The largest absolute Gasteiger partial charge is 0.508 e. The summed E-state index contributed by atoms with van der Waals surface area (Å²) in [6.07, 6.45) is -9.46. The fourth-order valence-electron chi connectivity index (χ4n) is 3.95. The number of rotatable bonds is 9. The van der Waals surface area contributed by atoms with E-state index in [4.69, 9.17) is 23.7 Å². The molecule has 1 saturated heterocycles. The average Bonchev–Trinajstić information content (AvgIpc) is 2.86. The van der Waals surface area contributed by atoms with Crippen LogP contribution in [0, 0.1) is 0 Å². The van der Waals surface area contributed by atoms with E-state index in [1.807, 2.05) is 0 Å². The molecule has 0 bridgehead atoms. The van der Waals surface area contributed by atoms with Crippen LogP contribution in [-0.4, -0.2) is 91.4 Å². The smallest absolute Gasteiger partial charge is 0.310 e. The summed E-state index contributed by atoms with van der Waals surface area (Å²) in [4.78, 5) is 35.6. The molecule has 5 unspecified atom stereocenters. The first kappa shape index (κ1) is 27.8. The van der Waals surface area contributed by atoms with Crippen molar-refractivity contribution in [3.63, 3.8) is 0 Å². The number of aromatic hydroxyl groups is 3. The summed E-state index contributed by atoms with van der Waals surface area (Å²) in [6, 6.07) is 7.29. The number of ether oxygens (including phenoxy) is 3. The number of carboxylic acids is 1. The number of Topliss-reactive ketones (excluding diaryl/α,β-unsaturated/α-hetero) is 1. The first-order valence-corrected chi connectivity index (χ1v) is 11.5. The lowest BCUT2D eigenvalue weighted by Gasteiger charge is -2.40. The van der Waals surface area contributed by atoms with Gasteiger partial charge in [-0.15, -0.1) is 0 Å². The Morgan fingerprint density at radius 1 is 0.923 bits per heavy atom. The van der Waals surface area contributed by atoms with E-state index in [1.165, 1.54) is 24.3 Å². The third kappa shape index (κ3) is 5.94. The number of phenolic OH excluding ortho intramolecular Hbond substituents is 3. The minimum Gasteiger partial charge on any atom is -0.508 e. The number of hydrogen-bond acceptors (Lipinski definition) is 13. The number of aliphatic hydroxyl groups is 3. The molecule has 14 nitrogen and oxygen atoms in total. The van der Waals surface area contributed by atoms with Gasteiger partial charge in [0.1, 0.15) is 65.7 Å². The molecule has 5 atom stereocenters. The van der Waals surface area contributed by atoms with E-state index >= 15 is 0 Å². The van der Waals surface area contributed by atoms with Gasteiger partial charge in [-0.05, 0) is 24.3 Å². The maximum absolute atomic E-state index is 13.4. The van der Waals surface area contributed by atoms with E-state index in [2.05, 4.69) is 0 Å². The van der Waals surface area contributed by atoms with E-state index in [0.29, 0.717) is 0 Å². The van der Waals surface area contributed by atoms with E-state index in [1.54, 1.807) is 0 Å². The minimum atomic E-state index is -1.90. The quantitative estimate of drug-likeness (QED) is 0.172. The molecule has 1 aliphatic heterocycles. The number of carboxylic acid groups (broad SMARTS) is 1. The lowest BCUT2D eigenvalue weighted by Crippen LogP contribution is -2.60. The Morgan fingerprint density at radius 2 is 1.62 bits per heavy atom. The number of aliphatic carboxylic acids is 1. The third-order valence-corrected chi connectivity index (χ3v) is 5.84. The summed E-state index contributed by atoms with van der Waals surface area (Å²) in [7, 11) is 0. The fourth-order valence-corrected chi connectivity index (χ4v) is 3.95. The number of hydrogen-bond donors (Lipinski definition) is 7. The lowest BCUT2D eigenvalue weighted by atomic mass is 9.99. The van der Waals surface area contributed by atoms with Crippen LogP contribution < -0.4 is 10.2 Å². The summed E-state index contributed by atoms with van der Waals surface area (Å²) in [5, 5.41) is 69.2. The third-order valence-electron chi connectivity index (χ3n) is 5.84. The number of benzene rings is 2. The highest BCUT2D eigenvalue weighted by atomic mass is 16.7. The molecule has 39 heavy (non-hydrogen) atoms. The van der Waals surface area contributed by atoms with E-state index < -0.39 is 84.8 Å². The number of carbonyl (C=O) groups excluding carboxylic acids is 1. The van der Waals surface area contributed by atoms with Crippen molar-refractivity contribution < 1.29 is 64.0 Å². The van der Waals surface area contributed by atoms with Crippen molar-refractivity contribution in [3.8, 4) is 34.3 Å². The highest BCUT2D eigenvalue weighted by molar-refractivity contribution is 5.95. The molecule has 0 spiro atoms. The lowest BCUT2D eigenvalue weighted by molar-refractivity contribution is -0.279. The summed E-state index contributed by atoms with van der Waals surface area (Å²) in [5.74, 6) is -4.10. The summed E-state index contributed by atoms with van der Waals surface area (Å²) in [5.41, 5.74) is -0.960. The van der Waals surface area contributed by atoms with Crippen molar-refractivity contribution >= 4 is 22.7 Å². The molecule has 3 aromatic rings. The zero-order valence-corrected chi connectivity index (χ0v) is 20.0. The predicted octanol–water partition coefficient (Wildman–Crippen LogP) is -0.176. The zero-order chi connectivity index (χ0) is 28.4. The van der Waals surface area contributed by atoms with Crippen molar-refractivity contribution in [2.75, 3.05) is 13.2 Å². The predicted molar refractivity (Wildman–Crippen MR) is 128 cm³/mol. The topological polar surface area (TPSA) is 234 Å². The van der Waals surface area contributed by atoms with Crippen LogP contribution in [0.2, 0.25) is 0 Å². The Hall–Kier alpha value is -4.21. The molecule has 2 aromatic carbocycles. The first-order chi connectivity index (χ1) is 18.5. The SMILES string of the molecule is O=C(O)CC(=O)COCC1OC(Oc2c(-c3ccc(O)cc3)oc3cc(O)cc(O)c3c2=O)C(O)C(O)C1O. The Kier molecular flexibility index (Phi) is 8.03. The van der Waals surface area contributed by atoms with E-state index in [0.717, 1.165) is 12.1 Å². The number of fused-ring (bicyclic) bond motifs is 1. The molecule has 1 aromatic heterocycles. The Labute approximate surface area is 218 Å². The van der Waals surface area contributed by atoms with Crippen LogP contribution in [0.25, 0.3) is 22.3 Å². The van der Waals surface area contributed by atoms with Crippen LogP contribution in [0.5, 0.6) is 23.0 Å². The molecule has 208 valence electrons. The van der Waals surface area contributed by atoms with Gasteiger partial charge < -0.3 is 54.4 Å². The van der Waals surface area contributed by atoms with Crippen LogP contribution in [0.15, 0.2) is 45.6 Å². The van der Waals surface area contributed by atoms with Gasteiger partial charge in [-0.1, -0.05) is 0 Å². The first-order valence-electron chi connectivity index (χ1n) is 11.5. The summed E-state index contributed by atoms with van der Waals surface area (Å²) in [6.45, 7) is -1.15. The van der Waals surface area contributed by atoms with Gasteiger partial charge in [-0.3, -0.25) is 14.4 Å². The summed E-state index contributed by atoms with van der Waals surface area (Å²) >= 11 is 0. The number of phenols is 3. The van der Waals surface area contributed by atoms with E-state index in [-0.39, 0.29) is 28.0 Å².